The van der Waals surface area contributed by atoms with E-state index in [4.69, 9.17) is 4.74 Å². The SMILES string of the molecule is CCOC(=O)c1cccnc1SCC(=O)N[C@H](C)c1ccccc1F. The van der Waals surface area contributed by atoms with Gasteiger partial charge in [0.2, 0.25) is 5.91 Å². The van der Waals surface area contributed by atoms with E-state index in [2.05, 4.69) is 10.3 Å². The molecule has 1 aromatic carbocycles. The van der Waals surface area contributed by atoms with Crippen molar-refractivity contribution in [3.8, 4) is 0 Å². The summed E-state index contributed by atoms with van der Waals surface area (Å²) in [4.78, 5) is 28.1. The van der Waals surface area contributed by atoms with Crippen molar-refractivity contribution in [1.82, 2.24) is 10.3 Å². The Kier molecular flexibility index (Phi) is 6.94. The molecule has 1 heterocycles. The minimum Gasteiger partial charge on any atom is -0.462 e. The van der Waals surface area contributed by atoms with E-state index < -0.39 is 12.0 Å². The number of benzene rings is 1. The van der Waals surface area contributed by atoms with E-state index in [9.17, 15) is 14.0 Å². The van der Waals surface area contributed by atoms with Gasteiger partial charge in [0.1, 0.15) is 10.8 Å². The van der Waals surface area contributed by atoms with E-state index in [-0.39, 0.29) is 24.1 Å². The van der Waals surface area contributed by atoms with Crippen LogP contribution in [0.15, 0.2) is 47.6 Å². The Bertz CT molecular complexity index is 755. The molecule has 1 atom stereocenters. The minimum atomic E-state index is -0.474. The Morgan fingerprint density at radius 2 is 2.04 bits per heavy atom. The van der Waals surface area contributed by atoms with Gasteiger partial charge in [0.15, 0.2) is 0 Å². The lowest BCUT2D eigenvalue weighted by Gasteiger charge is -2.15. The summed E-state index contributed by atoms with van der Waals surface area (Å²) in [7, 11) is 0. The number of ether oxygens (including phenoxy) is 1. The van der Waals surface area contributed by atoms with E-state index in [0.29, 0.717) is 16.2 Å². The van der Waals surface area contributed by atoms with Gasteiger partial charge in [0, 0.05) is 11.8 Å². The van der Waals surface area contributed by atoms with Crippen molar-refractivity contribution in [1.29, 1.82) is 0 Å². The molecular formula is C18H19FN2O3S. The molecule has 1 amide bonds. The molecule has 2 rings (SSSR count). The van der Waals surface area contributed by atoms with Gasteiger partial charge in [-0.1, -0.05) is 30.0 Å². The van der Waals surface area contributed by atoms with Crippen LogP contribution < -0.4 is 5.32 Å². The number of carbonyl (C=O) groups excluding carboxylic acids is 2. The normalized spacial score (nSPS) is 11.6. The zero-order valence-corrected chi connectivity index (χ0v) is 14.8. The van der Waals surface area contributed by atoms with Crippen LogP contribution in [0.5, 0.6) is 0 Å². The van der Waals surface area contributed by atoms with Gasteiger partial charge in [-0.05, 0) is 32.0 Å². The molecule has 0 fully saturated rings. The third kappa shape index (κ3) is 5.29. The molecule has 0 aliphatic carbocycles. The lowest BCUT2D eigenvalue weighted by Crippen LogP contribution is -2.28. The summed E-state index contributed by atoms with van der Waals surface area (Å²) < 4.78 is 18.7. The highest BCUT2D eigenvalue weighted by molar-refractivity contribution is 8.00. The lowest BCUT2D eigenvalue weighted by molar-refractivity contribution is -0.119. The number of esters is 1. The molecule has 5 nitrogen and oxygen atoms in total. The Hall–Kier alpha value is -2.41. The number of thioether (sulfide) groups is 1. The van der Waals surface area contributed by atoms with E-state index in [1.54, 1.807) is 50.4 Å². The van der Waals surface area contributed by atoms with Crippen molar-refractivity contribution in [2.45, 2.75) is 24.9 Å². The first kappa shape index (κ1) is 18.9. The van der Waals surface area contributed by atoms with Crippen LogP contribution in [0.1, 0.15) is 35.8 Å². The molecule has 1 aromatic heterocycles. The van der Waals surface area contributed by atoms with Crippen LogP contribution in [0.4, 0.5) is 4.39 Å². The summed E-state index contributed by atoms with van der Waals surface area (Å²) in [5, 5.41) is 3.16. The number of aromatic nitrogens is 1. The molecule has 2 aromatic rings. The van der Waals surface area contributed by atoms with Gasteiger partial charge in [-0.2, -0.15) is 0 Å². The molecule has 0 aliphatic rings. The zero-order valence-electron chi connectivity index (χ0n) is 14.0. The smallest absolute Gasteiger partial charge is 0.340 e. The molecule has 0 unspecified atom stereocenters. The Morgan fingerprint density at radius 3 is 2.76 bits per heavy atom. The molecule has 132 valence electrons. The number of halogens is 1. The summed E-state index contributed by atoms with van der Waals surface area (Å²) in [5.74, 6) is -1.06. The van der Waals surface area contributed by atoms with Gasteiger partial charge in [-0.15, -0.1) is 0 Å². The Morgan fingerprint density at radius 1 is 1.28 bits per heavy atom. The molecule has 7 heteroatoms. The number of nitrogens with one attached hydrogen (secondary N) is 1. The van der Waals surface area contributed by atoms with Crippen molar-refractivity contribution >= 4 is 23.6 Å². The first-order valence-electron chi connectivity index (χ1n) is 7.81. The monoisotopic (exact) mass is 362 g/mol. The maximum Gasteiger partial charge on any atom is 0.340 e. The number of hydrogen-bond acceptors (Lipinski definition) is 5. The van der Waals surface area contributed by atoms with E-state index in [1.807, 2.05) is 0 Å². The number of pyridine rings is 1. The summed E-state index contributed by atoms with van der Waals surface area (Å²) in [6, 6.07) is 9.08. The molecule has 0 saturated carbocycles. The predicted molar refractivity (Wildman–Crippen MR) is 93.9 cm³/mol. The fraction of sp³-hybridized carbons (Fsp3) is 0.278. The second-order valence-corrected chi connectivity index (χ2v) is 6.14. The lowest BCUT2D eigenvalue weighted by atomic mass is 10.1. The summed E-state index contributed by atoms with van der Waals surface area (Å²) in [6.45, 7) is 3.70. The molecule has 0 spiro atoms. The molecule has 0 aliphatic heterocycles. The van der Waals surface area contributed by atoms with Gasteiger partial charge in [0.05, 0.1) is 24.0 Å². The Balaban J connectivity index is 1.97. The molecule has 1 N–H and O–H groups in total. The van der Waals surface area contributed by atoms with Crippen LogP contribution in [0.2, 0.25) is 0 Å². The van der Waals surface area contributed by atoms with Crippen molar-refractivity contribution in [3.05, 3.63) is 59.5 Å². The van der Waals surface area contributed by atoms with E-state index in [1.165, 1.54) is 6.07 Å². The minimum absolute atomic E-state index is 0.0577. The standard InChI is InChI=1S/C18H19FN2O3S/c1-3-24-18(23)14-8-6-10-20-17(14)25-11-16(22)21-12(2)13-7-4-5-9-15(13)19/h4-10,12H,3,11H2,1-2H3,(H,21,22)/t12-/m1/s1. The highest BCUT2D eigenvalue weighted by atomic mass is 32.2. The second-order valence-electron chi connectivity index (χ2n) is 5.18. The van der Waals surface area contributed by atoms with Crippen molar-refractivity contribution in [2.24, 2.45) is 0 Å². The Labute approximate surface area is 150 Å². The third-order valence-corrected chi connectivity index (χ3v) is 4.36. The van der Waals surface area contributed by atoms with Crippen LogP contribution >= 0.6 is 11.8 Å². The number of amides is 1. The zero-order chi connectivity index (χ0) is 18.2. The quantitative estimate of drug-likeness (QED) is 0.604. The van der Waals surface area contributed by atoms with Crippen LogP contribution in [0.3, 0.4) is 0 Å². The second kappa shape index (κ2) is 9.17. The van der Waals surface area contributed by atoms with E-state index in [0.717, 1.165) is 11.8 Å². The van der Waals surface area contributed by atoms with Gasteiger partial charge >= 0.3 is 5.97 Å². The number of hydrogen-bond donors (Lipinski definition) is 1. The van der Waals surface area contributed by atoms with Gasteiger partial charge in [-0.3, -0.25) is 4.79 Å². The maximum atomic E-state index is 13.7. The topological polar surface area (TPSA) is 68.3 Å². The average molecular weight is 362 g/mol. The van der Waals surface area contributed by atoms with Gasteiger partial charge < -0.3 is 10.1 Å². The number of carbonyl (C=O) groups is 2. The largest absolute Gasteiger partial charge is 0.462 e. The summed E-state index contributed by atoms with van der Waals surface area (Å²) in [6.07, 6.45) is 1.55. The fourth-order valence-electron chi connectivity index (χ4n) is 2.19. The third-order valence-electron chi connectivity index (χ3n) is 3.36. The van der Waals surface area contributed by atoms with Crippen molar-refractivity contribution in [2.75, 3.05) is 12.4 Å². The summed E-state index contributed by atoms with van der Waals surface area (Å²) in [5.41, 5.74) is 0.746. The highest BCUT2D eigenvalue weighted by Crippen LogP contribution is 2.21. The first-order valence-corrected chi connectivity index (χ1v) is 8.80. The van der Waals surface area contributed by atoms with Crippen LogP contribution in [0, 0.1) is 5.82 Å². The van der Waals surface area contributed by atoms with Crippen LogP contribution in [-0.4, -0.2) is 29.2 Å². The van der Waals surface area contributed by atoms with Gasteiger partial charge in [-0.25, -0.2) is 14.2 Å². The summed E-state index contributed by atoms with van der Waals surface area (Å²) >= 11 is 1.13. The van der Waals surface area contributed by atoms with Gasteiger partial charge in [0.25, 0.3) is 0 Å². The van der Waals surface area contributed by atoms with Crippen LogP contribution in [0.25, 0.3) is 0 Å². The van der Waals surface area contributed by atoms with E-state index >= 15 is 0 Å². The first-order chi connectivity index (χ1) is 12.0. The average Bonchev–Trinajstić information content (AvgIpc) is 2.60. The number of nitrogens with zero attached hydrogens (tertiary/aromatic N) is 1. The van der Waals surface area contributed by atoms with Crippen molar-refractivity contribution < 1.29 is 18.7 Å². The van der Waals surface area contributed by atoms with Crippen molar-refractivity contribution in [3.63, 3.8) is 0 Å². The maximum absolute atomic E-state index is 13.7. The predicted octanol–water partition coefficient (Wildman–Crippen LogP) is 3.37. The highest BCUT2D eigenvalue weighted by Gasteiger charge is 2.17. The number of rotatable bonds is 7. The molecule has 25 heavy (non-hydrogen) atoms. The van der Waals surface area contributed by atoms with Crippen LogP contribution in [-0.2, 0) is 9.53 Å². The molecule has 0 bridgehead atoms. The molecular weight excluding hydrogens is 343 g/mol. The molecule has 0 saturated heterocycles. The fourth-order valence-corrected chi connectivity index (χ4v) is 2.98. The molecule has 0 radical (unpaired) electrons.